The van der Waals surface area contributed by atoms with Crippen molar-refractivity contribution in [3.63, 3.8) is 0 Å². The number of nitrogens with zero attached hydrogens (tertiary/aromatic N) is 2. The lowest BCUT2D eigenvalue weighted by molar-refractivity contribution is -0.119. The van der Waals surface area contributed by atoms with E-state index in [9.17, 15) is 9.59 Å². The van der Waals surface area contributed by atoms with Crippen LogP contribution in [-0.2, 0) is 11.3 Å². The van der Waals surface area contributed by atoms with E-state index < -0.39 is 11.3 Å². The van der Waals surface area contributed by atoms with Crippen LogP contribution in [0.4, 0.5) is 9.93 Å². The van der Waals surface area contributed by atoms with E-state index in [1.165, 1.54) is 35.9 Å². The highest BCUT2D eigenvalue weighted by Gasteiger charge is 2.23. The van der Waals surface area contributed by atoms with Crippen LogP contribution in [0.2, 0.25) is 0 Å². The smallest absolute Gasteiger partial charge is 0.321 e. The number of amides is 3. The van der Waals surface area contributed by atoms with Gasteiger partial charge >= 0.3 is 6.03 Å². The maximum absolute atomic E-state index is 12.1. The third-order valence-electron chi connectivity index (χ3n) is 3.49. The van der Waals surface area contributed by atoms with Gasteiger partial charge in [-0.15, -0.1) is 10.2 Å². The summed E-state index contributed by atoms with van der Waals surface area (Å²) in [4.78, 5) is 23.9. The van der Waals surface area contributed by atoms with Crippen LogP contribution in [0.3, 0.4) is 0 Å². The van der Waals surface area contributed by atoms with Crippen LogP contribution >= 0.6 is 23.1 Å². The van der Waals surface area contributed by atoms with Crippen LogP contribution in [-0.4, -0.2) is 33.4 Å². The molecule has 0 unspecified atom stereocenters. The third-order valence-corrected chi connectivity index (χ3v) is 5.53. The number of benzene rings is 1. The van der Waals surface area contributed by atoms with Crippen LogP contribution < -0.4 is 16.0 Å². The van der Waals surface area contributed by atoms with Crippen LogP contribution in [0.5, 0.6) is 0 Å². The molecule has 7 nitrogen and oxygen atoms in total. The standard InChI is InChI=1S/C16H19N5O2S2/c1-10(24-16-21-20-15(25-16)18-12-7-8-12)13(22)19-14(23)17-9-11-5-3-2-4-6-11/h2-6,10,12H,7-9H2,1H3,(H,18,20)(H2,17,19,22,23)/t10-/m1/s1. The molecular weight excluding hydrogens is 358 g/mol. The van der Waals surface area contributed by atoms with Crippen molar-refractivity contribution in [3.8, 4) is 0 Å². The molecule has 1 atom stereocenters. The Bertz CT molecular complexity index is 733. The molecule has 132 valence electrons. The molecule has 1 aromatic carbocycles. The summed E-state index contributed by atoms with van der Waals surface area (Å²) in [5, 5.41) is 16.7. The van der Waals surface area contributed by atoms with Crippen molar-refractivity contribution in [2.24, 2.45) is 0 Å². The minimum Gasteiger partial charge on any atom is -0.357 e. The van der Waals surface area contributed by atoms with Crippen LogP contribution in [0, 0.1) is 0 Å². The molecule has 1 saturated carbocycles. The summed E-state index contributed by atoms with van der Waals surface area (Å²) in [6, 6.07) is 9.52. The molecule has 1 fully saturated rings. The minimum absolute atomic E-state index is 0.359. The Labute approximate surface area is 154 Å². The molecule has 0 spiro atoms. The van der Waals surface area contributed by atoms with Gasteiger partial charge in [0.05, 0.1) is 5.25 Å². The Morgan fingerprint density at radius 3 is 2.76 bits per heavy atom. The van der Waals surface area contributed by atoms with E-state index >= 15 is 0 Å². The molecule has 25 heavy (non-hydrogen) atoms. The van der Waals surface area contributed by atoms with Crippen LogP contribution in [0.15, 0.2) is 34.7 Å². The zero-order valence-electron chi connectivity index (χ0n) is 13.7. The lowest BCUT2D eigenvalue weighted by Crippen LogP contribution is -2.42. The van der Waals surface area contributed by atoms with Crippen molar-refractivity contribution in [2.45, 2.75) is 41.9 Å². The maximum atomic E-state index is 12.1. The zero-order chi connectivity index (χ0) is 17.6. The van der Waals surface area contributed by atoms with Gasteiger partial charge in [0.1, 0.15) is 0 Å². The van der Waals surface area contributed by atoms with Crippen molar-refractivity contribution in [1.29, 1.82) is 0 Å². The van der Waals surface area contributed by atoms with E-state index in [-0.39, 0.29) is 5.91 Å². The molecule has 1 aromatic heterocycles. The number of aromatic nitrogens is 2. The van der Waals surface area contributed by atoms with E-state index in [0.717, 1.165) is 10.7 Å². The van der Waals surface area contributed by atoms with Gasteiger partial charge in [-0.1, -0.05) is 53.4 Å². The molecule has 0 saturated heterocycles. The Morgan fingerprint density at radius 2 is 2.04 bits per heavy atom. The van der Waals surface area contributed by atoms with Gasteiger partial charge in [0.15, 0.2) is 4.34 Å². The summed E-state index contributed by atoms with van der Waals surface area (Å²) < 4.78 is 0.704. The summed E-state index contributed by atoms with van der Waals surface area (Å²) in [7, 11) is 0. The van der Waals surface area contributed by atoms with Gasteiger partial charge in [-0.25, -0.2) is 4.79 Å². The number of urea groups is 1. The minimum atomic E-state index is -0.505. The zero-order valence-corrected chi connectivity index (χ0v) is 15.3. The van der Waals surface area contributed by atoms with Gasteiger partial charge in [-0.2, -0.15) is 0 Å². The number of imide groups is 1. The second-order valence-corrected chi connectivity index (χ2v) is 8.27. The quantitative estimate of drug-likeness (QED) is 0.642. The first-order valence-electron chi connectivity index (χ1n) is 7.99. The van der Waals surface area contributed by atoms with Crippen molar-refractivity contribution < 1.29 is 9.59 Å². The fourth-order valence-electron chi connectivity index (χ4n) is 1.96. The lowest BCUT2D eigenvalue weighted by Gasteiger charge is -2.10. The summed E-state index contributed by atoms with van der Waals surface area (Å²) in [6.45, 7) is 2.11. The van der Waals surface area contributed by atoms with E-state index in [2.05, 4.69) is 26.1 Å². The van der Waals surface area contributed by atoms with E-state index in [1.54, 1.807) is 6.92 Å². The molecule has 3 amide bonds. The molecule has 3 N–H and O–H groups in total. The topological polar surface area (TPSA) is 96.0 Å². The van der Waals surface area contributed by atoms with Gasteiger partial charge in [0.25, 0.3) is 0 Å². The third kappa shape index (κ3) is 5.71. The van der Waals surface area contributed by atoms with Crippen LogP contribution in [0.25, 0.3) is 0 Å². The summed E-state index contributed by atoms with van der Waals surface area (Å²) in [6.07, 6.45) is 2.33. The second kappa shape index (κ2) is 8.30. The highest BCUT2D eigenvalue weighted by atomic mass is 32.2. The highest BCUT2D eigenvalue weighted by molar-refractivity contribution is 8.02. The van der Waals surface area contributed by atoms with Crippen molar-refractivity contribution >= 4 is 40.2 Å². The number of anilines is 1. The molecule has 3 rings (SSSR count). The summed E-state index contributed by atoms with van der Waals surface area (Å²) in [5.74, 6) is -0.359. The number of hydrogen-bond acceptors (Lipinski definition) is 7. The molecular formula is C16H19N5O2S2. The summed E-state index contributed by atoms with van der Waals surface area (Å²) in [5.41, 5.74) is 0.970. The normalized spacial score (nSPS) is 14.6. The number of hydrogen-bond donors (Lipinski definition) is 3. The fraction of sp³-hybridized carbons (Fsp3) is 0.375. The monoisotopic (exact) mass is 377 g/mol. The maximum Gasteiger partial charge on any atom is 0.321 e. The predicted octanol–water partition coefficient (Wildman–Crippen LogP) is 2.62. The average molecular weight is 377 g/mol. The number of thioether (sulfide) groups is 1. The van der Waals surface area contributed by atoms with Crippen molar-refractivity contribution in [3.05, 3.63) is 35.9 Å². The van der Waals surface area contributed by atoms with Crippen molar-refractivity contribution in [2.75, 3.05) is 5.32 Å². The van der Waals surface area contributed by atoms with E-state index in [4.69, 9.17) is 0 Å². The van der Waals surface area contributed by atoms with Gasteiger partial charge in [-0.05, 0) is 25.3 Å². The molecule has 0 bridgehead atoms. The number of carbonyl (C=O) groups excluding carboxylic acids is 2. The van der Waals surface area contributed by atoms with Gasteiger partial charge in [0.2, 0.25) is 11.0 Å². The fourth-order valence-corrected chi connectivity index (χ4v) is 3.93. The molecule has 0 aliphatic heterocycles. The highest BCUT2D eigenvalue weighted by Crippen LogP contribution is 2.31. The molecule has 9 heteroatoms. The van der Waals surface area contributed by atoms with Gasteiger partial charge < -0.3 is 10.6 Å². The molecule has 0 radical (unpaired) electrons. The summed E-state index contributed by atoms with van der Waals surface area (Å²) >= 11 is 2.71. The Hall–Kier alpha value is -2.13. The average Bonchev–Trinajstić information content (AvgIpc) is 3.32. The SMILES string of the molecule is C[C@@H](Sc1nnc(NC2CC2)s1)C(=O)NC(=O)NCc1ccccc1. The number of nitrogens with one attached hydrogen (secondary N) is 3. The molecule has 2 aromatic rings. The molecule has 1 aliphatic carbocycles. The Balaban J connectivity index is 1.41. The van der Waals surface area contributed by atoms with Gasteiger partial charge in [-0.3, -0.25) is 10.1 Å². The second-order valence-electron chi connectivity index (χ2n) is 5.71. The van der Waals surface area contributed by atoms with E-state index in [0.29, 0.717) is 16.9 Å². The molecule has 1 aliphatic rings. The Morgan fingerprint density at radius 1 is 1.28 bits per heavy atom. The lowest BCUT2D eigenvalue weighted by atomic mass is 10.2. The first kappa shape index (κ1) is 17.7. The Kier molecular flexibility index (Phi) is 5.87. The first-order valence-corrected chi connectivity index (χ1v) is 9.69. The van der Waals surface area contributed by atoms with E-state index in [1.807, 2.05) is 30.3 Å². The molecule has 1 heterocycles. The van der Waals surface area contributed by atoms with Crippen LogP contribution in [0.1, 0.15) is 25.3 Å². The van der Waals surface area contributed by atoms with Crippen molar-refractivity contribution in [1.82, 2.24) is 20.8 Å². The van der Waals surface area contributed by atoms with Gasteiger partial charge in [0, 0.05) is 12.6 Å². The number of rotatable bonds is 7. The largest absolute Gasteiger partial charge is 0.357 e. The number of carbonyl (C=O) groups is 2. The predicted molar refractivity (Wildman–Crippen MR) is 98.7 cm³/mol. The first-order chi connectivity index (χ1) is 12.1.